The quantitative estimate of drug-likeness (QED) is 0.567. The molecule has 2 fully saturated rings. The molecule has 1 aliphatic heterocycles. The highest BCUT2D eigenvalue weighted by Crippen LogP contribution is 2.26. The monoisotopic (exact) mass is 453 g/mol. The Bertz CT molecular complexity index is 1040. The molecule has 3 aromatic heterocycles. The molecule has 11 nitrogen and oxygen atoms in total. The number of nitrogens with zero attached hydrogens (tertiary/aromatic N) is 8. The van der Waals surface area contributed by atoms with E-state index in [0.29, 0.717) is 31.2 Å². The molecule has 0 atom stereocenters. The van der Waals surface area contributed by atoms with Crippen molar-refractivity contribution in [2.75, 3.05) is 50.6 Å². The maximum Gasteiger partial charge on any atom is 0.321 e. The van der Waals surface area contributed by atoms with Crippen molar-refractivity contribution in [1.29, 1.82) is 0 Å². The fourth-order valence-electron chi connectivity index (χ4n) is 4.35. The summed E-state index contributed by atoms with van der Waals surface area (Å²) in [4.78, 5) is 22.4. The van der Waals surface area contributed by atoms with Crippen LogP contribution in [-0.4, -0.2) is 87.0 Å². The van der Waals surface area contributed by atoms with Crippen LogP contribution in [0.1, 0.15) is 31.2 Å². The van der Waals surface area contributed by atoms with Gasteiger partial charge in [-0.2, -0.15) is 14.6 Å². The van der Waals surface area contributed by atoms with Crippen LogP contribution >= 0.6 is 0 Å². The van der Waals surface area contributed by atoms with E-state index in [1.807, 2.05) is 32.6 Å². The lowest BCUT2D eigenvalue weighted by atomic mass is 9.93. The highest BCUT2D eigenvalue weighted by Gasteiger charge is 2.25. The lowest BCUT2D eigenvalue weighted by Crippen LogP contribution is -2.37. The number of hydrogen-bond acceptors (Lipinski definition) is 10. The van der Waals surface area contributed by atoms with Gasteiger partial charge in [-0.3, -0.25) is 0 Å². The molecular weight excluding hydrogens is 422 g/mol. The molecule has 0 radical (unpaired) electrons. The zero-order valence-corrected chi connectivity index (χ0v) is 19.2. The fourth-order valence-corrected chi connectivity index (χ4v) is 4.35. The van der Waals surface area contributed by atoms with Gasteiger partial charge >= 0.3 is 6.01 Å². The van der Waals surface area contributed by atoms with Gasteiger partial charge in [0.1, 0.15) is 18.2 Å². The zero-order chi connectivity index (χ0) is 22.6. The van der Waals surface area contributed by atoms with E-state index in [-0.39, 0.29) is 6.10 Å². The van der Waals surface area contributed by atoms with Crippen LogP contribution < -0.4 is 15.0 Å². The third kappa shape index (κ3) is 5.31. The number of nitrogens with one attached hydrogen (secondary N) is 1. The molecule has 1 saturated carbocycles. The van der Waals surface area contributed by atoms with Crippen LogP contribution in [0, 0.1) is 0 Å². The Morgan fingerprint density at radius 1 is 1.09 bits per heavy atom. The molecule has 1 N–H and O–H groups in total. The Morgan fingerprint density at radius 2 is 1.85 bits per heavy atom. The Labute approximate surface area is 193 Å². The summed E-state index contributed by atoms with van der Waals surface area (Å²) < 4.78 is 13.5. The second kappa shape index (κ2) is 9.84. The van der Waals surface area contributed by atoms with Gasteiger partial charge in [-0.25, -0.2) is 15.0 Å². The number of fused-ring (bicyclic) bond motifs is 1. The van der Waals surface area contributed by atoms with Gasteiger partial charge in [-0.1, -0.05) is 0 Å². The van der Waals surface area contributed by atoms with E-state index < -0.39 is 0 Å². The predicted octanol–water partition coefficient (Wildman–Crippen LogP) is 1.61. The van der Waals surface area contributed by atoms with Crippen LogP contribution in [0.5, 0.6) is 6.01 Å². The molecule has 11 heteroatoms. The molecule has 176 valence electrons. The largest absolute Gasteiger partial charge is 0.460 e. The molecule has 0 amide bonds. The normalized spacial score (nSPS) is 21.5. The van der Waals surface area contributed by atoms with Gasteiger partial charge in [0.2, 0.25) is 5.95 Å². The minimum Gasteiger partial charge on any atom is -0.460 e. The Morgan fingerprint density at radius 3 is 2.58 bits per heavy atom. The Hall–Kier alpha value is -3.05. The lowest BCUT2D eigenvalue weighted by Gasteiger charge is -2.30. The molecule has 4 heterocycles. The van der Waals surface area contributed by atoms with Crippen LogP contribution in [0.25, 0.3) is 5.65 Å². The number of hydrogen-bond donors (Lipinski definition) is 1. The first-order chi connectivity index (χ1) is 16.1. The first-order valence-electron chi connectivity index (χ1n) is 11.6. The van der Waals surface area contributed by atoms with E-state index in [9.17, 15) is 0 Å². The Kier molecular flexibility index (Phi) is 6.49. The molecule has 1 saturated heterocycles. The third-order valence-corrected chi connectivity index (χ3v) is 6.04. The molecule has 0 unspecified atom stereocenters. The van der Waals surface area contributed by atoms with Gasteiger partial charge in [0.15, 0.2) is 5.65 Å². The molecule has 0 bridgehead atoms. The zero-order valence-electron chi connectivity index (χ0n) is 19.2. The smallest absolute Gasteiger partial charge is 0.321 e. The van der Waals surface area contributed by atoms with Crippen LogP contribution in [0.2, 0.25) is 0 Å². The van der Waals surface area contributed by atoms with Gasteiger partial charge in [-0.05, 0) is 39.8 Å². The second-order valence-corrected chi connectivity index (χ2v) is 8.91. The first-order valence-corrected chi connectivity index (χ1v) is 11.6. The highest BCUT2D eigenvalue weighted by molar-refractivity contribution is 5.52. The molecule has 2 aliphatic rings. The highest BCUT2D eigenvalue weighted by atomic mass is 16.5. The van der Waals surface area contributed by atoms with Crippen LogP contribution in [-0.2, 0) is 11.3 Å². The number of anilines is 2. The number of morpholine rings is 1. The maximum absolute atomic E-state index is 6.34. The third-order valence-electron chi connectivity index (χ3n) is 6.04. The summed E-state index contributed by atoms with van der Waals surface area (Å²) in [7, 11) is 4.07. The van der Waals surface area contributed by atoms with E-state index in [2.05, 4.69) is 35.2 Å². The summed E-state index contributed by atoms with van der Waals surface area (Å²) in [5, 5.41) is 7.78. The predicted molar refractivity (Wildman–Crippen MR) is 124 cm³/mol. The molecular formula is C22H31N9O2. The SMILES string of the molecule is CN(C)Cc1cnc(N[C@H]2CC[C@@H](Oc3nc(N4CCOCC4)cc4ncnn34)CC2)nc1. The summed E-state index contributed by atoms with van der Waals surface area (Å²) in [6.07, 6.45) is 9.23. The van der Waals surface area contributed by atoms with Crippen molar-refractivity contribution in [3.8, 4) is 6.01 Å². The average Bonchev–Trinajstić information content (AvgIpc) is 3.31. The number of aromatic nitrogens is 6. The van der Waals surface area contributed by atoms with Gasteiger partial charge in [0.05, 0.1) is 13.2 Å². The molecule has 0 aromatic carbocycles. The van der Waals surface area contributed by atoms with Crippen LogP contribution in [0.4, 0.5) is 11.8 Å². The summed E-state index contributed by atoms with van der Waals surface area (Å²) in [6.45, 7) is 3.86. The minimum atomic E-state index is 0.0891. The van der Waals surface area contributed by atoms with E-state index in [1.54, 1.807) is 4.52 Å². The van der Waals surface area contributed by atoms with E-state index in [0.717, 1.165) is 62.3 Å². The molecule has 1 aliphatic carbocycles. The van der Waals surface area contributed by atoms with E-state index in [1.165, 1.54) is 6.33 Å². The topological polar surface area (TPSA) is 106 Å². The Balaban J connectivity index is 1.19. The van der Waals surface area contributed by atoms with Crippen LogP contribution in [0.15, 0.2) is 24.8 Å². The van der Waals surface area contributed by atoms with Gasteiger partial charge < -0.3 is 24.6 Å². The summed E-state index contributed by atoms with van der Waals surface area (Å²) >= 11 is 0. The van der Waals surface area contributed by atoms with Crippen molar-refractivity contribution in [2.24, 2.45) is 0 Å². The maximum atomic E-state index is 6.34. The van der Waals surface area contributed by atoms with Crippen molar-refractivity contribution >= 4 is 17.4 Å². The summed E-state index contributed by atoms with van der Waals surface area (Å²) in [6, 6.07) is 2.79. The van der Waals surface area contributed by atoms with Gasteiger partial charge in [0, 0.05) is 49.7 Å². The minimum absolute atomic E-state index is 0.0891. The number of rotatable bonds is 7. The van der Waals surface area contributed by atoms with Crippen molar-refractivity contribution in [3.63, 3.8) is 0 Å². The van der Waals surface area contributed by atoms with Gasteiger partial charge in [0.25, 0.3) is 0 Å². The molecule has 33 heavy (non-hydrogen) atoms. The van der Waals surface area contributed by atoms with Crippen molar-refractivity contribution in [3.05, 3.63) is 30.4 Å². The average molecular weight is 454 g/mol. The second-order valence-electron chi connectivity index (χ2n) is 8.91. The van der Waals surface area contributed by atoms with E-state index >= 15 is 0 Å². The fraction of sp³-hybridized carbons (Fsp3) is 0.591. The first kappa shape index (κ1) is 21.8. The van der Waals surface area contributed by atoms with E-state index in [4.69, 9.17) is 14.5 Å². The molecule has 5 rings (SSSR count). The standard InChI is InChI=1S/C22H31N9O2/c1-29(2)14-16-12-23-21(24-13-16)27-17-3-5-18(6-4-17)33-22-28-20(30-7-9-32-10-8-30)11-19-25-15-26-31(19)22/h11-13,15,17-18H,3-10,14H2,1-2H3,(H,23,24,27)/t17-,18+. The van der Waals surface area contributed by atoms with Crippen LogP contribution in [0.3, 0.4) is 0 Å². The lowest BCUT2D eigenvalue weighted by molar-refractivity contribution is 0.121. The molecule has 3 aromatic rings. The van der Waals surface area contributed by atoms with Crippen molar-refractivity contribution in [1.82, 2.24) is 34.4 Å². The number of ether oxygens (including phenoxy) is 2. The molecule has 0 spiro atoms. The van der Waals surface area contributed by atoms with Crippen molar-refractivity contribution in [2.45, 2.75) is 44.4 Å². The van der Waals surface area contributed by atoms with Crippen molar-refractivity contribution < 1.29 is 9.47 Å². The summed E-state index contributed by atoms with van der Waals surface area (Å²) in [5.41, 5.74) is 1.85. The van der Waals surface area contributed by atoms with Gasteiger partial charge in [-0.15, -0.1) is 0 Å². The summed E-state index contributed by atoms with van der Waals surface area (Å²) in [5.74, 6) is 1.55.